The molecule has 0 bridgehead atoms. The molecule has 2 rings (SSSR count). The molecule has 1 unspecified atom stereocenters. The Morgan fingerprint density at radius 3 is 3.00 bits per heavy atom. The minimum atomic E-state index is -0.491. The van der Waals surface area contributed by atoms with Crippen molar-refractivity contribution >= 4 is 11.8 Å². The number of furan rings is 1. The molecule has 0 aliphatic carbocycles. The zero-order chi connectivity index (χ0) is 13.0. The van der Waals surface area contributed by atoms with Crippen LogP contribution >= 0.6 is 0 Å². The van der Waals surface area contributed by atoms with Gasteiger partial charge in [-0.15, -0.1) is 0 Å². The summed E-state index contributed by atoms with van der Waals surface area (Å²) >= 11 is 0. The number of hydrogen-bond donors (Lipinski definition) is 2. The summed E-state index contributed by atoms with van der Waals surface area (Å²) in [6.45, 7) is 4.47. The Morgan fingerprint density at radius 2 is 2.33 bits per heavy atom. The third-order valence-electron chi connectivity index (χ3n) is 2.40. The number of anilines is 2. The third-order valence-corrected chi connectivity index (χ3v) is 2.40. The monoisotopic (exact) mass is 250 g/mol. The SMILES string of the molecule is CCNc1ncc(F)c(NC(C)c2ccco2)n1. The van der Waals surface area contributed by atoms with Gasteiger partial charge in [0.25, 0.3) is 0 Å². The van der Waals surface area contributed by atoms with Gasteiger partial charge in [0, 0.05) is 6.54 Å². The normalized spacial score (nSPS) is 12.2. The van der Waals surface area contributed by atoms with Gasteiger partial charge >= 0.3 is 0 Å². The lowest BCUT2D eigenvalue weighted by molar-refractivity contribution is 0.488. The van der Waals surface area contributed by atoms with Gasteiger partial charge in [-0.3, -0.25) is 0 Å². The zero-order valence-corrected chi connectivity index (χ0v) is 10.3. The summed E-state index contributed by atoms with van der Waals surface area (Å²) in [5.41, 5.74) is 0. The van der Waals surface area contributed by atoms with Crippen molar-refractivity contribution in [1.29, 1.82) is 0 Å². The summed E-state index contributed by atoms with van der Waals surface area (Å²) < 4.78 is 18.8. The number of nitrogens with one attached hydrogen (secondary N) is 2. The van der Waals surface area contributed by atoms with E-state index in [2.05, 4.69) is 20.6 Å². The topological polar surface area (TPSA) is 63.0 Å². The van der Waals surface area contributed by atoms with Crippen LogP contribution in [0.2, 0.25) is 0 Å². The number of aromatic nitrogens is 2. The zero-order valence-electron chi connectivity index (χ0n) is 10.3. The highest BCUT2D eigenvalue weighted by molar-refractivity contribution is 5.42. The number of nitrogens with zero attached hydrogens (tertiary/aromatic N) is 2. The molecule has 0 fully saturated rings. The van der Waals surface area contributed by atoms with Crippen LogP contribution in [0.15, 0.2) is 29.0 Å². The van der Waals surface area contributed by atoms with Crippen LogP contribution in [0.4, 0.5) is 16.2 Å². The van der Waals surface area contributed by atoms with E-state index in [1.54, 1.807) is 12.3 Å². The first-order valence-corrected chi connectivity index (χ1v) is 5.77. The molecule has 2 aromatic heterocycles. The molecule has 6 heteroatoms. The molecule has 0 radical (unpaired) electrons. The standard InChI is InChI=1S/C12H15FN4O/c1-3-14-12-15-7-9(13)11(17-12)16-8(2)10-5-4-6-18-10/h4-8H,3H2,1-2H3,(H2,14,15,16,17). The maximum atomic E-state index is 13.6. The van der Waals surface area contributed by atoms with Gasteiger partial charge < -0.3 is 15.1 Å². The Labute approximate surface area is 104 Å². The molecule has 2 aromatic rings. The van der Waals surface area contributed by atoms with Gasteiger partial charge in [-0.25, -0.2) is 9.37 Å². The smallest absolute Gasteiger partial charge is 0.224 e. The number of rotatable bonds is 5. The van der Waals surface area contributed by atoms with Crippen LogP contribution in [0, 0.1) is 5.82 Å². The molecule has 1 atom stereocenters. The maximum absolute atomic E-state index is 13.6. The Kier molecular flexibility index (Phi) is 3.76. The average Bonchev–Trinajstić information content (AvgIpc) is 2.87. The Balaban J connectivity index is 2.15. The van der Waals surface area contributed by atoms with Crippen molar-refractivity contribution in [3.05, 3.63) is 36.2 Å². The first-order chi connectivity index (χ1) is 8.70. The second-order valence-electron chi connectivity index (χ2n) is 3.80. The fourth-order valence-electron chi connectivity index (χ4n) is 1.53. The van der Waals surface area contributed by atoms with E-state index in [4.69, 9.17) is 4.42 Å². The summed E-state index contributed by atoms with van der Waals surface area (Å²) in [5.74, 6) is 0.783. The van der Waals surface area contributed by atoms with E-state index in [-0.39, 0.29) is 11.9 Å². The lowest BCUT2D eigenvalue weighted by Crippen LogP contribution is -2.11. The van der Waals surface area contributed by atoms with Crippen molar-refractivity contribution < 1.29 is 8.81 Å². The predicted octanol–water partition coefficient (Wildman–Crippen LogP) is 2.81. The van der Waals surface area contributed by atoms with E-state index >= 15 is 0 Å². The van der Waals surface area contributed by atoms with Gasteiger partial charge in [-0.1, -0.05) is 0 Å². The van der Waals surface area contributed by atoms with Gasteiger partial charge in [0.15, 0.2) is 11.6 Å². The molecule has 0 saturated carbocycles. The summed E-state index contributed by atoms with van der Waals surface area (Å²) in [6, 6.07) is 3.44. The van der Waals surface area contributed by atoms with Gasteiger partial charge in [-0.2, -0.15) is 4.98 Å². The molecule has 0 aliphatic rings. The van der Waals surface area contributed by atoms with Gasteiger partial charge in [0.1, 0.15) is 5.76 Å². The van der Waals surface area contributed by atoms with E-state index in [0.29, 0.717) is 12.5 Å². The van der Waals surface area contributed by atoms with Crippen LogP contribution in [0.5, 0.6) is 0 Å². The maximum Gasteiger partial charge on any atom is 0.224 e. The summed E-state index contributed by atoms with van der Waals surface area (Å²) in [4.78, 5) is 7.90. The van der Waals surface area contributed by atoms with Crippen molar-refractivity contribution in [2.24, 2.45) is 0 Å². The fraction of sp³-hybridized carbons (Fsp3) is 0.333. The van der Waals surface area contributed by atoms with Crippen molar-refractivity contribution in [1.82, 2.24) is 9.97 Å². The minimum absolute atomic E-state index is 0.157. The van der Waals surface area contributed by atoms with Crippen LogP contribution < -0.4 is 10.6 Å². The molecular weight excluding hydrogens is 235 g/mol. The minimum Gasteiger partial charge on any atom is -0.467 e. The molecule has 18 heavy (non-hydrogen) atoms. The first-order valence-electron chi connectivity index (χ1n) is 5.77. The molecule has 0 spiro atoms. The third kappa shape index (κ3) is 2.77. The molecule has 0 aromatic carbocycles. The molecule has 0 saturated heterocycles. The molecule has 96 valence electrons. The molecule has 0 amide bonds. The van der Waals surface area contributed by atoms with Gasteiger partial charge in [0.05, 0.1) is 18.5 Å². The Bertz CT molecular complexity index is 501. The Hall–Kier alpha value is -2.11. The van der Waals surface area contributed by atoms with E-state index in [1.165, 1.54) is 0 Å². The van der Waals surface area contributed by atoms with Crippen molar-refractivity contribution in [3.8, 4) is 0 Å². The average molecular weight is 250 g/mol. The first kappa shape index (κ1) is 12.3. The molecule has 5 nitrogen and oxygen atoms in total. The second-order valence-corrected chi connectivity index (χ2v) is 3.80. The number of hydrogen-bond acceptors (Lipinski definition) is 5. The summed E-state index contributed by atoms with van der Waals surface area (Å²) in [7, 11) is 0. The molecule has 2 heterocycles. The fourth-order valence-corrected chi connectivity index (χ4v) is 1.53. The number of halogens is 1. The van der Waals surface area contributed by atoms with Crippen LogP contribution in [0.3, 0.4) is 0 Å². The second kappa shape index (κ2) is 5.48. The quantitative estimate of drug-likeness (QED) is 0.854. The van der Waals surface area contributed by atoms with Gasteiger partial charge in [0.2, 0.25) is 5.95 Å². The molecule has 0 aliphatic heterocycles. The van der Waals surface area contributed by atoms with Crippen LogP contribution in [0.1, 0.15) is 25.6 Å². The van der Waals surface area contributed by atoms with E-state index in [1.807, 2.05) is 19.9 Å². The molecule has 2 N–H and O–H groups in total. The highest BCUT2D eigenvalue weighted by atomic mass is 19.1. The van der Waals surface area contributed by atoms with Crippen molar-refractivity contribution in [2.45, 2.75) is 19.9 Å². The largest absolute Gasteiger partial charge is 0.467 e. The van der Waals surface area contributed by atoms with Crippen LogP contribution in [0.25, 0.3) is 0 Å². The highest BCUT2D eigenvalue weighted by Crippen LogP contribution is 2.20. The van der Waals surface area contributed by atoms with Gasteiger partial charge in [-0.05, 0) is 26.0 Å². The summed E-state index contributed by atoms with van der Waals surface area (Å²) in [5, 5.41) is 5.88. The lowest BCUT2D eigenvalue weighted by Gasteiger charge is -2.13. The Morgan fingerprint density at radius 1 is 1.50 bits per heavy atom. The van der Waals surface area contributed by atoms with Crippen molar-refractivity contribution in [3.63, 3.8) is 0 Å². The van der Waals surface area contributed by atoms with E-state index < -0.39 is 5.82 Å². The van der Waals surface area contributed by atoms with E-state index in [9.17, 15) is 4.39 Å². The molecular formula is C12H15FN4O. The van der Waals surface area contributed by atoms with E-state index in [0.717, 1.165) is 12.0 Å². The predicted molar refractivity (Wildman–Crippen MR) is 66.9 cm³/mol. The summed E-state index contributed by atoms with van der Waals surface area (Å²) in [6.07, 6.45) is 2.72. The van der Waals surface area contributed by atoms with Crippen molar-refractivity contribution in [2.75, 3.05) is 17.2 Å². The van der Waals surface area contributed by atoms with Crippen LogP contribution in [-0.2, 0) is 0 Å². The van der Waals surface area contributed by atoms with Crippen LogP contribution in [-0.4, -0.2) is 16.5 Å². The lowest BCUT2D eigenvalue weighted by atomic mass is 10.2. The highest BCUT2D eigenvalue weighted by Gasteiger charge is 2.12.